The van der Waals surface area contributed by atoms with Gasteiger partial charge in [-0.3, -0.25) is 4.79 Å². The van der Waals surface area contributed by atoms with Gasteiger partial charge in [-0.25, -0.2) is 0 Å². The van der Waals surface area contributed by atoms with Crippen LogP contribution in [0.3, 0.4) is 0 Å². The summed E-state index contributed by atoms with van der Waals surface area (Å²) in [5, 5.41) is 16.5. The van der Waals surface area contributed by atoms with Crippen LogP contribution in [-0.4, -0.2) is 29.3 Å². The van der Waals surface area contributed by atoms with E-state index in [2.05, 4.69) is 17.4 Å². The third-order valence-corrected chi connectivity index (χ3v) is 4.06. The Labute approximate surface area is 119 Å². The number of hydrogen-bond donors (Lipinski definition) is 2. The summed E-state index contributed by atoms with van der Waals surface area (Å²) >= 11 is 0. The van der Waals surface area contributed by atoms with Gasteiger partial charge in [0.25, 0.3) is 0 Å². The molecule has 5 nitrogen and oxygen atoms in total. The fourth-order valence-electron chi connectivity index (χ4n) is 2.90. The lowest BCUT2D eigenvalue weighted by Crippen LogP contribution is -2.38. The molecule has 2 atom stereocenters. The van der Waals surface area contributed by atoms with Crippen molar-refractivity contribution in [2.75, 3.05) is 13.1 Å². The monoisotopic (exact) mass is 280 g/mol. The van der Waals surface area contributed by atoms with Crippen LogP contribution in [0.5, 0.6) is 0 Å². The zero-order valence-electron chi connectivity index (χ0n) is 12.1. The number of unbranched alkanes of at least 4 members (excludes halogenated alkanes) is 1. The van der Waals surface area contributed by atoms with Crippen LogP contribution in [0, 0.1) is 11.8 Å². The van der Waals surface area contributed by atoms with Crippen LogP contribution in [0.1, 0.15) is 44.1 Å². The summed E-state index contributed by atoms with van der Waals surface area (Å²) in [6.45, 7) is 3.94. The van der Waals surface area contributed by atoms with Crippen molar-refractivity contribution in [3.63, 3.8) is 0 Å². The van der Waals surface area contributed by atoms with Crippen LogP contribution < -0.4 is 5.32 Å². The molecule has 2 rings (SSSR count). The number of piperidine rings is 1. The van der Waals surface area contributed by atoms with Gasteiger partial charge in [0.05, 0.1) is 5.69 Å². The molecule has 1 saturated heterocycles. The maximum Gasteiger partial charge on any atom is 0.303 e. The Bertz CT molecular complexity index is 431. The molecular weight excluding hydrogens is 256 g/mol. The number of carboxylic acids is 1. The molecule has 0 saturated carbocycles. The van der Waals surface area contributed by atoms with Gasteiger partial charge in [0.2, 0.25) is 0 Å². The van der Waals surface area contributed by atoms with Gasteiger partial charge in [-0.15, -0.1) is 0 Å². The summed E-state index contributed by atoms with van der Waals surface area (Å²) < 4.78 is 5.34. The van der Waals surface area contributed by atoms with Gasteiger partial charge >= 0.3 is 5.97 Å². The maximum atomic E-state index is 10.9. The lowest BCUT2D eigenvalue weighted by atomic mass is 9.81. The van der Waals surface area contributed by atoms with Gasteiger partial charge in [0.1, 0.15) is 5.76 Å². The first-order chi connectivity index (χ1) is 9.69. The minimum atomic E-state index is -0.703. The molecule has 0 bridgehead atoms. The highest BCUT2D eigenvalue weighted by atomic mass is 16.5. The molecule has 1 aliphatic heterocycles. The summed E-state index contributed by atoms with van der Waals surface area (Å²) in [4.78, 5) is 10.9. The third kappa shape index (κ3) is 4.34. The fraction of sp³-hybridized carbons (Fsp3) is 0.733. The molecule has 2 N–H and O–H groups in total. The smallest absolute Gasteiger partial charge is 0.303 e. The number of aryl methyl sites for hydroxylation is 1. The minimum absolute atomic E-state index is 0.240. The number of hydrogen-bond acceptors (Lipinski definition) is 4. The molecule has 1 aliphatic rings. The predicted molar refractivity (Wildman–Crippen MR) is 75.5 cm³/mol. The lowest BCUT2D eigenvalue weighted by Gasteiger charge is -2.30. The summed E-state index contributed by atoms with van der Waals surface area (Å²) in [6.07, 6.45) is 5.18. The molecule has 112 valence electrons. The van der Waals surface area contributed by atoms with E-state index in [0.717, 1.165) is 56.6 Å². The van der Waals surface area contributed by atoms with Crippen LogP contribution in [0.2, 0.25) is 0 Å². The topological polar surface area (TPSA) is 75.4 Å². The average molecular weight is 280 g/mol. The van der Waals surface area contributed by atoms with E-state index in [1.165, 1.54) is 0 Å². The highest BCUT2D eigenvalue weighted by Gasteiger charge is 2.27. The molecule has 0 radical (unpaired) electrons. The van der Waals surface area contributed by atoms with Crippen molar-refractivity contribution in [2.45, 2.75) is 45.4 Å². The summed E-state index contributed by atoms with van der Waals surface area (Å²) in [6, 6.07) is 2.03. The quantitative estimate of drug-likeness (QED) is 0.801. The van der Waals surface area contributed by atoms with E-state index < -0.39 is 5.97 Å². The largest absolute Gasteiger partial charge is 0.481 e. The summed E-state index contributed by atoms with van der Waals surface area (Å²) in [5.41, 5.74) is 0.959. The Morgan fingerprint density at radius 3 is 3.15 bits per heavy atom. The number of nitrogens with one attached hydrogen (secondary N) is 1. The second-order valence-corrected chi connectivity index (χ2v) is 5.70. The Hall–Kier alpha value is -1.36. The number of carboxylic acid groups (broad SMARTS) is 1. The maximum absolute atomic E-state index is 10.9. The third-order valence-electron chi connectivity index (χ3n) is 4.06. The van der Waals surface area contributed by atoms with E-state index in [1.54, 1.807) is 0 Å². The molecule has 1 aromatic heterocycles. The molecule has 2 heterocycles. The van der Waals surface area contributed by atoms with Crippen molar-refractivity contribution in [1.82, 2.24) is 10.5 Å². The number of aliphatic carboxylic acids is 1. The van der Waals surface area contributed by atoms with Crippen LogP contribution in [-0.2, 0) is 17.6 Å². The van der Waals surface area contributed by atoms with Gasteiger partial charge in [-0.05, 0) is 44.2 Å². The Kier molecular flexibility index (Phi) is 5.59. The van der Waals surface area contributed by atoms with Crippen LogP contribution in [0.4, 0.5) is 0 Å². The zero-order valence-corrected chi connectivity index (χ0v) is 12.1. The highest BCUT2D eigenvalue weighted by molar-refractivity contribution is 5.67. The standard InChI is InChI=1S/C15H24N2O3/c1-2-3-4-14-9-13(17-20-14)7-12-10-16-6-5-11(12)8-15(18)19/h9,11-12,16H,2-8,10H2,1H3,(H,18,19). The van der Waals surface area contributed by atoms with Crippen molar-refractivity contribution >= 4 is 5.97 Å². The molecule has 5 heteroatoms. The number of nitrogens with zero attached hydrogens (tertiary/aromatic N) is 1. The summed E-state index contributed by atoms with van der Waals surface area (Å²) in [7, 11) is 0. The average Bonchev–Trinajstić information content (AvgIpc) is 2.86. The first kappa shape index (κ1) is 15.0. The van der Waals surface area contributed by atoms with Gasteiger partial charge in [-0.1, -0.05) is 18.5 Å². The van der Waals surface area contributed by atoms with Crippen molar-refractivity contribution in [3.05, 3.63) is 17.5 Å². The van der Waals surface area contributed by atoms with E-state index >= 15 is 0 Å². The molecule has 2 unspecified atom stereocenters. The predicted octanol–water partition coefficient (Wildman–Crippen LogP) is 2.26. The van der Waals surface area contributed by atoms with Crippen LogP contribution in [0.15, 0.2) is 10.6 Å². The number of aromatic nitrogens is 1. The molecule has 1 fully saturated rings. The van der Waals surface area contributed by atoms with Gasteiger partial charge in [0, 0.05) is 18.9 Å². The second kappa shape index (κ2) is 7.43. The van der Waals surface area contributed by atoms with Crippen LogP contribution in [0.25, 0.3) is 0 Å². The SMILES string of the molecule is CCCCc1cc(CC2CNCCC2CC(=O)O)no1. The Balaban J connectivity index is 1.92. The Morgan fingerprint density at radius 2 is 2.40 bits per heavy atom. The molecule has 0 aromatic carbocycles. The van der Waals surface area contributed by atoms with Crippen molar-refractivity contribution in [1.29, 1.82) is 0 Å². The number of rotatable bonds is 7. The molecule has 0 aliphatic carbocycles. The number of carbonyl (C=O) groups is 1. The first-order valence-corrected chi connectivity index (χ1v) is 7.56. The molecule has 20 heavy (non-hydrogen) atoms. The Morgan fingerprint density at radius 1 is 1.55 bits per heavy atom. The highest BCUT2D eigenvalue weighted by Crippen LogP contribution is 2.26. The van der Waals surface area contributed by atoms with Gasteiger partial charge in [-0.2, -0.15) is 0 Å². The first-order valence-electron chi connectivity index (χ1n) is 7.56. The normalized spacial score (nSPS) is 22.9. The second-order valence-electron chi connectivity index (χ2n) is 5.70. The van der Waals surface area contributed by atoms with Crippen molar-refractivity contribution in [3.8, 4) is 0 Å². The minimum Gasteiger partial charge on any atom is -0.481 e. The van der Waals surface area contributed by atoms with E-state index in [1.807, 2.05) is 6.07 Å². The van der Waals surface area contributed by atoms with Crippen molar-refractivity contribution in [2.24, 2.45) is 11.8 Å². The molecule has 1 aromatic rings. The van der Waals surface area contributed by atoms with Crippen molar-refractivity contribution < 1.29 is 14.4 Å². The van der Waals surface area contributed by atoms with Gasteiger partial charge in [0.15, 0.2) is 0 Å². The summed E-state index contributed by atoms with van der Waals surface area (Å²) in [5.74, 6) is 0.819. The molecule has 0 spiro atoms. The van der Waals surface area contributed by atoms with E-state index in [0.29, 0.717) is 5.92 Å². The molecular formula is C15H24N2O3. The zero-order chi connectivity index (χ0) is 14.4. The van der Waals surface area contributed by atoms with Gasteiger partial charge < -0.3 is 14.9 Å². The van der Waals surface area contributed by atoms with Crippen LogP contribution >= 0.6 is 0 Å². The van der Waals surface area contributed by atoms with E-state index in [-0.39, 0.29) is 12.3 Å². The lowest BCUT2D eigenvalue weighted by molar-refractivity contribution is -0.138. The van der Waals surface area contributed by atoms with E-state index in [4.69, 9.17) is 9.63 Å². The molecule has 0 amide bonds. The van der Waals surface area contributed by atoms with E-state index in [9.17, 15) is 4.79 Å². The fourth-order valence-corrected chi connectivity index (χ4v) is 2.90.